The van der Waals surface area contributed by atoms with Crippen LogP contribution in [0.25, 0.3) is 0 Å². The zero-order valence-electron chi connectivity index (χ0n) is 11.2. The molecule has 0 bridgehead atoms. The molecule has 18 heavy (non-hydrogen) atoms. The van der Waals surface area contributed by atoms with Gasteiger partial charge in [-0.2, -0.15) is 0 Å². The fourth-order valence-corrected chi connectivity index (χ4v) is 1.79. The van der Waals surface area contributed by atoms with E-state index >= 15 is 0 Å². The number of hydrogen-bond acceptors (Lipinski definition) is 4. The SMILES string of the molecule is CC(C)(N)CCC(=O)NC1COCC1(C)C(=O)O. The fraction of sp³-hybridized carbons (Fsp3) is 0.833. The van der Waals surface area contributed by atoms with E-state index in [1.54, 1.807) is 6.92 Å². The number of carbonyl (C=O) groups is 2. The van der Waals surface area contributed by atoms with Crippen LogP contribution in [-0.2, 0) is 14.3 Å². The number of hydrogen-bond donors (Lipinski definition) is 3. The molecule has 0 spiro atoms. The van der Waals surface area contributed by atoms with Gasteiger partial charge in [-0.1, -0.05) is 0 Å². The second kappa shape index (κ2) is 5.24. The lowest BCUT2D eigenvalue weighted by atomic mass is 9.85. The van der Waals surface area contributed by atoms with Crippen molar-refractivity contribution in [3.05, 3.63) is 0 Å². The van der Waals surface area contributed by atoms with E-state index in [2.05, 4.69) is 5.32 Å². The maximum atomic E-state index is 11.7. The van der Waals surface area contributed by atoms with Crippen molar-refractivity contribution in [1.29, 1.82) is 0 Å². The topological polar surface area (TPSA) is 102 Å². The maximum Gasteiger partial charge on any atom is 0.313 e. The van der Waals surface area contributed by atoms with Gasteiger partial charge in [0.2, 0.25) is 5.91 Å². The number of carbonyl (C=O) groups excluding carboxylic acids is 1. The van der Waals surface area contributed by atoms with E-state index in [4.69, 9.17) is 15.6 Å². The van der Waals surface area contributed by atoms with Crippen LogP contribution < -0.4 is 11.1 Å². The van der Waals surface area contributed by atoms with Crippen LogP contribution in [-0.4, -0.2) is 41.8 Å². The van der Waals surface area contributed by atoms with E-state index in [1.807, 2.05) is 13.8 Å². The Morgan fingerprint density at radius 3 is 2.67 bits per heavy atom. The van der Waals surface area contributed by atoms with Crippen molar-refractivity contribution >= 4 is 11.9 Å². The van der Waals surface area contributed by atoms with Crippen LogP contribution in [0.15, 0.2) is 0 Å². The normalized spacial score (nSPS) is 28.1. The molecule has 0 aliphatic carbocycles. The van der Waals surface area contributed by atoms with Crippen LogP contribution in [0, 0.1) is 5.41 Å². The van der Waals surface area contributed by atoms with Gasteiger partial charge in [-0.05, 0) is 27.2 Å². The Bertz CT molecular complexity index is 337. The summed E-state index contributed by atoms with van der Waals surface area (Å²) >= 11 is 0. The Balaban J connectivity index is 2.52. The molecule has 6 nitrogen and oxygen atoms in total. The van der Waals surface area contributed by atoms with Crippen molar-refractivity contribution in [1.82, 2.24) is 5.32 Å². The van der Waals surface area contributed by atoms with Gasteiger partial charge in [-0.25, -0.2) is 0 Å². The summed E-state index contributed by atoms with van der Waals surface area (Å²) in [6, 6.07) is -0.483. The fourth-order valence-electron chi connectivity index (χ4n) is 1.79. The van der Waals surface area contributed by atoms with Gasteiger partial charge in [-0.15, -0.1) is 0 Å². The van der Waals surface area contributed by atoms with Crippen molar-refractivity contribution in [3.8, 4) is 0 Å². The molecule has 0 aromatic carbocycles. The number of carboxylic acid groups (broad SMARTS) is 1. The predicted molar refractivity (Wildman–Crippen MR) is 66.0 cm³/mol. The summed E-state index contributed by atoms with van der Waals surface area (Å²) in [6.07, 6.45) is 0.839. The molecule has 0 aromatic heterocycles. The zero-order chi connectivity index (χ0) is 14.0. The lowest BCUT2D eigenvalue weighted by molar-refractivity contribution is -0.149. The van der Waals surface area contributed by atoms with Gasteiger partial charge in [0, 0.05) is 12.0 Å². The van der Waals surface area contributed by atoms with Crippen molar-refractivity contribution in [2.75, 3.05) is 13.2 Å². The number of nitrogens with one attached hydrogen (secondary N) is 1. The van der Waals surface area contributed by atoms with Crippen molar-refractivity contribution < 1.29 is 19.4 Å². The molecule has 1 heterocycles. The quantitative estimate of drug-likeness (QED) is 0.649. The van der Waals surface area contributed by atoms with Crippen LogP contribution in [0.5, 0.6) is 0 Å². The first kappa shape index (κ1) is 14.9. The Morgan fingerprint density at radius 1 is 1.56 bits per heavy atom. The molecule has 6 heteroatoms. The van der Waals surface area contributed by atoms with Crippen molar-refractivity contribution in [2.24, 2.45) is 11.1 Å². The minimum Gasteiger partial charge on any atom is -0.481 e. The minimum atomic E-state index is -1.05. The molecular weight excluding hydrogens is 236 g/mol. The van der Waals surface area contributed by atoms with Gasteiger partial charge >= 0.3 is 5.97 Å². The van der Waals surface area contributed by atoms with Crippen LogP contribution in [0.3, 0.4) is 0 Å². The number of ether oxygens (including phenoxy) is 1. The zero-order valence-corrected chi connectivity index (χ0v) is 11.2. The number of rotatable bonds is 5. The summed E-state index contributed by atoms with van der Waals surface area (Å²) in [6.45, 7) is 5.64. The molecule has 1 rings (SSSR count). The first-order valence-corrected chi connectivity index (χ1v) is 6.04. The summed E-state index contributed by atoms with van der Waals surface area (Å²) in [4.78, 5) is 22.9. The Labute approximate surface area is 107 Å². The largest absolute Gasteiger partial charge is 0.481 e. The van der Waals surface area contributed by atoms with Crippen molar-refractivity contribution in [2.45, 2.75) is 45.2 Å². The standard InChI is InChI=1S/C12H22N2O4/c1-11(2,13)5-4-9(15)14-8-6-18-7-12(8,3)10(16)17/h8H,4-7,13H2,1-3H3,(H,14,15)(H,16,17). The second-order valence-electron chi connectivity index (χ2n) is 5.85. The highest BCUT2D eigenvalue weighted by Crippen LogP contribution is 2.28. The molecule has 104 valence electrons. The maximum absolute atomic E-state index is 11.7. The summed E-state index contributed by atoms with van der Waals surface area (Å²) in [5.74, 6) is -1.14. The second-order valence-corrected chi connectivity index (χ2v) is 5.85. The number of nitrogens with two attached hydrogens (primary N) is 1. The molecule has 2 atom stereocenters. The number of amides is 1. The van der Waals surface area contributed by atoms with E-state index in [-0.39, 0.29) is 25.5 Å². The van der Waals surface area contributed by atoms with Gasteiger partial charge in [0.1, 0.15) is 5.41 Å². The van der Waals surface area contributed by atoms with E-state index in [1.165, 1.54) is 0 Å². The summed E-state index contributed by atoms with van der Waals surface area (Å²) < 4.78 is 5.16. The number of carboxylic acids is 1. The molecule has 0 radical (unpaired) electrons. The minimum absolute atomic E-state index is 0.121. The summed E-state index contributed by atoms with van der Waals surface area (Å²) in [5.41, 5.74) is 4.34. The molecule has 1 amide bonds. The molecule has 2 unspecified atom stereocenters. The highest BCUT2D eigenvalue weighted by Gasteiger charge is 2.47. The highest BCUT2D eigenvalue weighted by molar-refractivity contribution is 5.80. The Hall–Kier alpha value is -1.14. The number of aliphatic carboxylic acids is 1. The van der Waals surface area contributed by atoms with E-state index in [0.29, 0.717) is 6.42 Å². The summed E-state index contributed by atoms with van der Waals surface area (Å²) in [7, 11) is 0. The molecule has 1 aliphatic rings. The van der Waals surface area contributed by atoms with Crippen molar-refractivity contribution in [3.63, 3.8) is 0 Å². The van der Waals surface area contributed by atoms with Gasteiger partial charge in [0.25, 0.3) is 0 Å². The lowest BCUT2D eigenvalue weighted by Gasteiger charge is -2.26. The summed E-state index contributed by atoms with van der Waals surface area (Å²) in [5, 5.41) is 11.9. The molecule has 1 aliphatic heterocycles. The Kier molecular flexibility index (Phi) is 4.34. The average Bonchev–Trinajstić information content (AvgIpc) is 2.58. The predicted octanol–water partition coefficient (Wildman–Crippen LogP) is 0.110. The molecule has 1 saturated heterocycles. The monoisotopic (exact) mass is 258 g/mol. The van der Waals surface area contributed by atoms with Gasteiger partial charge < -0.3 is 20.9 Å². The smallest absolute Gasteiger partial charge is 0.313 e. The first-order chi connectivity index (χ1) is 8.15. The van der Waals surface area contributed by atoms with Gasteiger partial charge in [0.15, 0.2) is 0 Å². The highest BCUT2D eigenvalue weighted by atomic mass is 16.5. The van der Waals surface area contributed by atoms with Gasteiger partial charge in [-0.3, -0.25) is 9.59 Å². The van der Waals surface area contributed by atoms with Gasteiger partial charge in [0.05, 0.1) is 19.3 Å². The van der Waals surface area contributed by atoms with Crippen LogP contribution >= 0.6 is 0 Å². The molecule has 1 fully saturated rings. The van der Waals surface area contributed by atoms with E-state index in [9.17, 15) is 9.59 Å². The van der Waals surface area contributed by atoms with E-state index < -0.39 is 23.0 Å². The third-order valence-electron chi connectivity index (χ3n) is 3.28. The van der Waals surface area contributed by atoms with Crippen LogP contribution in [0.4, 0.5) is 0 Å². The van der Waals surface area contributed by atoms with Crippen LogP contribution in [0.1, 0.15) is 33.6 Å². The first-order valence-electron chi connectivity index (χ1n) is 6.04. The third kappa shape index (κ3) is 3.68. The lowest BCUT2D eigenvalue weighted by Crippen LogP contribution is -2.50. The molecule has 4 N–H and O–H groups in total. The third-order valence-corrected chi connectivity index (χ3v) is 3.28. The molecule has 0 aromatic rings. The molecule has 0 saturated carbocycles. The van der Waals surface area contributed by atoms with E-state index in [0.717, 1.165) is 0 Å². The Morgan fingerprint density at radius 2 is 2.17 bits per heavy atom. The van der Waals surface area contributed by atoms with Crippen LogP contribution in [0.2, 0.25) is 0 Å². The molecular formula is C12H22N2O4. The average molecular weight is 258 g/mol.